The number of esters is 1. The summed E-state index contributed by atoms with van der Waals surface area (Å²) in [6.07, 6.45) is 0. The Balaban J connectivity index is 1.96. The van der Waals surface area contributed by atoms with Crippen LogP contribution in [0.3, 0.4) is 0 Å². The molecule has 0 aliphatic carbocycles. The van der Waals surface area contributed by atoms with Gasteiger partial charge in [-0.3, -0.25) is 4.79 Å². The van der Waals surface area contributed by atoms with Gasteiger partial charge in [-0.25, -0.2) is 9.78 Å². The number of aromatic nitrogens is 3. The molecule has 2 aromatic heterocycles. The molecular weight excluding hydrogens is 344 g/mol. The van der Waals surface area contributed by atoms with E-state index in [9.17, 15) is 9.59 Å². The van der Waals surface area contributed by atoms with E-state index >= 15 is 0 Å². The largest absolute Gasteiger partial charge is 0.465 e. The number of pyridine rings is 1. The Morgan fingerprint density at radius 3 is 2.74 bits per heavy atom. The number of fused-ring (bicyclic) bond motifs is 2. The number of rotatable bonds is 4. The summed E-state index contributed by atoms with van der Waals surface area (Å²) < 4.78 is 4.76. The summed E-state index contributed by atoms with van der Waals surface area (Å²) >= 11 is 0. The fourth-order valence-corrected chi connectivity index (χ4v) is 3.20. The van der Waals surface area contributed by atoms with Gasteiger partial charge in [0, 0.05) is 11.9 Å². The van der Waals surface area contributed by atoms with Crippen molar-refractivity contribution in [1.29, 1.82) is 0 Å². The van der Waals surface area contributed by atoms with E-state index in [1.54, 1.807) is 18.2 Å². The molecule has 0 radical (unpaired) electrons. The summed E-state index contributed by atoms with van der Waals surface area (Å²) in [5.41, 5.74) is 3.41. The molecule has 0 aliphatic rings. The Kier molecular flexibility index (Phi) is 4.12. The Bertz CT molecular complexity index is 1220. The first-order valence-electron chi connectivity index (χ1n) is 8.59. The summed E-state index contributed by atoms with van der Waals surface area (Å²) in [7, 11) is 1.34. The molecule has 0 saturated carbocycles. The number of nitrogens with one attached hydrogen (secondary N) is 3. The van der Waals surface area contributed by atoms with Crippen LogP contribution >= 0.6 is 0 Å². The van der Waals surface area contributed by atoms with E-state index in [-0.39, 0.29) is 5.56 Å². The summed E-state index contributed by atoms with van der Waals surface area (Å²) in [6, 6.07) is 12.7. The molecule has 4 aromatic rings. The highest BCUT2D eigenvalue weighted by Gasteiger charge is 2.18. The first-order valence-corrected chi connectivity index (χ1v) is 8.59. The average molecular weight is 362 g/mol. The molecule has 0 fully saturated rings. The Labute approximate surface area is 154 Å². The smallest absolute Gasteiger partial charge is 0.337 e. The highest BCUT2D eigenvalue weighted by atomic mass is 16.5. The van der Waals surface area contributed by atoms with Crippen molar-refractivity contribution in [2.45, 2.75) is 6.92 Å². The number of benzene rings is 2. The van der Waals surface area contributed by atoms with Crippen LogP contribution < -0.4 is 10.9 Å². The molecule has 136 valence electrons. The number of imidazole rings is 1. The van der Waals surface area contributed by atoms with E-state index in [1.807, 2.05) is 31.2 Å². The molecule has 4 rings (SSSR count). The van der Waals surface area contributed by atoms with Gasteiger partial charge in [-0.15, -0.1) is 0 Å². The van der Waals surface area contributed by atoms with E-state index in [2.05, 4.69) is 20.3 Å². The van der Waals surface area contributed by atoms with Crippen molar-refractivity contribution in [2.24, 2.45) is 0 Å². The van der Waals surface area contributed by atoms with Crippen molar-refractivity contribution in [2.75, 3.05) is 19.0 Å². The quantitative estimate of drug-likeness (QED) is 0.484. The van der Waals surface area contributed by atoms with Crippen LogP contribution in [0, 0.1) is 0 Å². The number of nitrogens with zero attached hydrogens (tertiary/aromatic N) is 1. The Morgan fingerprint density at radius 2 is 1.96 bits per heavy atom. The molecule has 7 nitrogen and oxygen atoms in total. The van der Waals surface area contributed by atoms with Crippen LogP contribution in [0.5, 0.6) is 0 Å². The van der Waals surface area contributed by atoms with Crippen LogP contribution in [0.2, 0.25) is 0 Å². The lowest BCUT2D eigenvalue weighted by atomic mass is 10.1. The second-order valence-electron chi connectivity index (χ2n) is 6.09. The van der Waals surface area contributed by atoms with Gasteiger partial charge in [-0.1, -0.05) is 18.2 Å². The summed E-state index contributed by atoms with van der Waals surface area (Å²) in [6.45, 7) is 2.63. The lowest BCUT2D eigenvalue weighted by Crippen LogP contribution is -2.14. The number of anilines is 1. The number of aromatic amines is 2. The van der Waals surface area contributed by atoms with Gasteiger partial charge < -0.3 is 20.0 Å². The molecule has 7 heteroatoms. The highest BCUT2D eigenvalue weighted by Crippen LogP contribution is 2.30. The number of H-pyrrole nitrogens is 2. The van der Waals surface area contributed by atoms with Crippen LogP contribution in [0.1, 0.15) is 17.3 Å². The Morgan fingerprint density at radius 1 is 1.15 bits per heavy atom. The minimum absolute atomic E-state index is 0.239. The second-order valence-corrected chi connectivity index (χ2v) is 6.09. The summed E-state index contributed by atoms with van der Waals surface area (Å²) in [5, 5.41) is 4.19. The average Bonchev–Trinajstić information content (AvgIpc) is 3.10. The number of hydrogen-bond donors (Lipinski definition) is 3. The predicted octanol–water partition coefficient (Wildman–Crippen LogP) is 3.29. The standard InChI is InChI=1S/C20H18N4O3/c1-3-21-17-12-6-4-5-7-13(12)24-19(25)16(17)18-22-14-9-8-11(20(26)27-2)10-15(14)23-18/h4-10H,3H2,1-2H3,(H,22,23)(H2,21,24,25). The van der Waals surface area contributed by atoms with Gasteiger partial charge in [0.05, 0.1) is 34.9 Å². The molecule has 2 aromatic carbocycles. The number of carbonyl (C=O) groups excluding carboxylic acids is 1. The first-order chi connectivity index (χ1) is 13.1. The van der Waals surface area contributed by atoms with Gasteiger partial charge in [-0.05, 0) is 31.2 Å². The Hall–Kier alpha value is -3.61. The van der Waals surface area contributed by atoms with Gasteiger partial charge in [0.15, 0.2) is 0 Å². The summed E-state index contributed by atoms with van der Waals surface area (Å²) in [4.78, 5) is 35.2. The minimum Gasteiger partial charge on any atom is -0.465 e. The molecule has 0 spiro atoms. The maximum absolute atomic E-state index is 12.8. The molecule has 0 aliphatic heterocycles. The van der Waals surface area contributed by atoms with Crippen molar-refractivity contribution in [3.8, 4) is 11.4 Å². The molecule has 0 saturated heterocycles. The summed E-state index contributed by atoms with van der Waals surface area (Å²) in [5.74, 6) is 0.0138. The van der Waals surface area contributed by atoms with Crippen LogP contribution in [0.15, 0.2) is 47.3 Å². The molecule has 27 heavy (non-hydrogen) atoms. The first kappa shape index (κ1) is 16.8. The highest BCUT2D eigenvalue weighted by molar-refractivity contribution is 5.99. The molecule has 0 atom stereocenters. The molecular formula is C20H18N4O3. The van der Waals surface area contributed by atoms with Crippen LogP contribution in [0.25, 0.3) is 33.3 Å². The van der Waals surface area contributed by atoms with Gasteiger partial charge in [0.2, 0.25) is 0 Å². The number of methoxy groups -OCH3 is 1. The van der Waals surface area contributed by atoms with Crippen molar-refractivity contribution in [3.63, 3.8) is 0 Å². The number of hydrogen-bond acceptors (Lipinski definition) is 5. The molecule has 0 unspecified atom stereocenters. The maximum atomic E-state index is 12.8. The van der Waals surface area contributed by atoms with Crippen molar-refractivity contribution >= 4 is 33.6 Å². The van der Waals surface area contributed by atoms with Gasteiger partial charge in [0.1, 0.15) is 11.4 Å². The SMILES string of the molecule is CCNc1c(-c2nc3ccc(C(=O)OC)cc3[nH]2)c(=O)[nH]c2ccccc12. The third-order valence-electron chi connectivity index (χ3n) is 4.41. The number of ether oxygens (including phenoxy) is 1. The normalized spacial score (nSPS) is 11.0. The molecule has 0 bridgehead atoms. The van der Waals surface area contributed by atoms with Crippen LogP contribution in [-0.4, -0.2) is 34.6 Å². The number of carbonyl (C=O) groups is 1. The van der Waals surface area contributed by atoms with Crippen LogP contribution in [0.4, 0.5) is 5.69 Å². The zero-order valence-electron chi connectivity index (χ0n) is 14.9. The van der Waals surface area contributed by atoms with Crippen molar-refractivity contribution in [3.05, 3.63) is 58.4 Å². The third-order valence-corrected chi connectivity index (χ3v) is 4.41. The topological polar surface area (TPSA) is 99.9 Å². The van der Waals surface area contributed by atoms with Gasteiger partial charge in [-0.2, -0.15) is 0 Å². The zero-order valence-corrected chi connectivity index (χ0v) is 14.9. The van der Waals surface area contributed by atoms with E-state index in [1.165, 1.54) is 7.11 Å². The van der Waals surface area contributed by atoms with E-state index < -0.39 is 5.97 Å². The van der Waals surface area contributed by atoms with Crippen molar-refractivity contribution < 1.29 is 9.53 Å². The van der Waals surface area contributed by atoms with E-state index in [0.29, 0.717) is 34.5 Å². The fraction of sp³-hybridized carbons (Fsp3) is 0.150. The van der Waals surface area contributed by atoms with Crippen LogP contribution in [-0.2, 0) is 4.74 Å². The lowest BCUT2D eigenvalue weighted by Gasteiger charge is -2.12. The zero-order chi connectivity index (χ0) is 19.0. The second kappa shape index (κ2) is 6.60. The predicted molar refractivity (Wildman–Crippen MR) is 105 cm³/mol. The van der Waals surface area contributed by atoms with Gasteiger partial charge in [0.25, 0.3) is 5.56 Å². The molecule has 2 heterocycles. The van der Waals surface area contributed by atoms with Gasteiger partial charge >= 0.3 is 5.97 Å². The molecule has 3 N–H and O–H groups in total. The molecule has 0 amide bonds. The van der Waals surface area contributed by atoms with E-state index in [0.717, 1.165) is 16.6 Å². The minimum atomic E-state index is -0.426. The monoisotopic (exact) mass is 362 g/mol. The lowest BCUT2D eigenvalue weighted by molar-refractivity contribution is 0.0601. The maximum Gasteiger partial charge on any atom is 0.337 e. The third kappa shape index (κ3) is 2.83. The number of para-hydroxylation sites is 1. The van der Waals surface area contributed by atoms with E-state index in [4.69, 9.17) is 4.74 Å². The fourth-order valence-electron chi connectivity index (χ4n) is 3.20. The van der Waals surface area contributed by atoms with Crippen molar-refractivity contribution in [1.82, 2.24) is 15.0 Å².